The highest BCUT2D eigenvalue weighted by molar-refractivity contribution is 7.90. The monoisotopic (exact) mass is 542 g/mol. The summed E-state index contributed by atoms with van der Waals surface area (Å²) in [5.41, 5.74) is 4.21. The van der Waals surface area contributed by atoms with Crippen LogP contribution >= 0.6 is 0 Å². The number of nitrogens with one attached hydrogen (secondary N) is 2. The molecule has 1 fully saturated rings. The van der Waals surface area contributed by atoms with Gasteiger partial charge in [-0.25, -0.2) is 13.8 Å². The molecular formula is C27H28F2N4O4S. The van der Waals surface area contributed by atoms with Gasteiger partial charge in [-0.1, -0.05) is 29.8 Å². The minimum atomic E-state index is -4.08. The first-order valence-corrected chi connectivity index (χ1v) is 13.5. The summed E-state index contributed by atoms with van der Waals surface area (Å²) < 4.78 is 69.6. The first-order valence-electron chi connectivity index (χ1n) is 12.1. The van der Waals surface area contributed by atoms with E-state index in [4.69, 9.17) is 9.47 Å². The Morgan fingerprint density at radius 3 is 2.58 bits per heavy atom. The summed E-state index contributed by atoms with van der Waals surface area (Å²) in [5, 5.41) is 0.716. The molecule has 2 N–H and O–H groups in total. The summed E-state index contributed by atoms with van der Waals surface area (Å²) >= 11 is 0. The number of rotatable bonds is 8. The molecule has 1 aliphatic heterocycles. The molecule has 0 amide bonds. The average Bonchev–Trinajstić information content (AvgIpc) is 3.53. The highest BCUT2D eigenvalue weighted by atomic mass is 32.2. The molecule has 4 aromatic rings. The molecule has 2 aromatic carbocycles. The second kappa shape index (κ2) is 10.3. The third kappa shape index (κ3) is 4.84. The van der Waals surface area contributed by atoms with Crippen molar-refractivity contribution in [1.29, 1.82) is 0 Å². The zero-order valence-electron chi connectivity index (χ0n) is 21.2. The van der Waals surface area contributed by atoms with Crippen molar-refractivity contribution in [3.05, 3.63) is 77.4 Å². The van der Waals surface area contributed by atoms with Crippen molar-refractivity contribution in [3.63, 3.8) is 0 Å². The van der Waals surface area contributed by atoms with Crippen molar-refractivity contribution in [2.24, 2.45) is 0 Å². The van der Waals surface area contributed by atoms with Crippen molar-refractivity contribution >= 4 is 26.9 Å². The van der Waals surface area contributed by atoms with Gasteiger partial charge >= 0.3 is 10.2 Å². The molecular weight excluding hydrogens is 514 g/mol. The molecule has 2 aromatic heterocycles. The summed E-state index contributed by atoms with van der Waals surface area (Å²) in [6, 6.07) is 12.4. The van der Waals surface area contributed by atoms with Gasteiger partial charge in [-0.3, -0.25) is 4.72 Å². The summed E-state index contributed by atoms with van der Waals surface area (Å²) in [4.78, 5) is 7.63. The predicted molar refractivity (Wildman–Crippen MR) is 142 cm³/mol. The molecule has 1 unspecified atom stereocenters. The van der Waals surface area contributed by atoms with Gasteiger partial charge in [0.1, 0.15) is 23.7 Å². The average molecular weight is 543 g/mol. The van der Waals surface area contributed by atoms with Gasteiger partial charge in [0.25, 0.3) is 0 Å². The molecule has 0 saturated carbocycles. The zero-order valence-corrected chi connectivity index (χ0v) is 22.0. The van der Waals surface area contributed by atoms with Crippen LogP contribution in [0.25, 0.3) is 22.2 Å². The number of aryl methyl sites for hydroxylation is 1. The van der Waals surface area contributed by atoms with Crippen molar-refractivity contribution in [3.8, 4) is 16.9 Å². The number of pyridine rings is 1. The smallest absolute Gasteiger partial charge is 0.301 e. The third-order valence-electron chi connectivity index (χ3n) is 6.75. The Balaban J connectivity index is 1.57. The lowest BCUT2D eigenvalue weighted by atomic mass is 9.97. The summed E-state index contributed by atoms with van der Waals surface area (Å²) in [6.07, 6.45) is 1.38. The summed E-state index contributed by atoms with van der Waals surface area (Å²) in [7, 11) is -1.33. The topological polar surface area (TPSA) is 96.5 Å². The van der Waals surface area contributed by atoms with E-state index in [-0.39, 0.29) is 36.5 Å². The fourth-order valence-corrected chi connectivity index (χ4v) is 6.05. The maximum absolute atomic E-state index is 15.4. The van der Waals surface area contributed by atoms with Crippen molar-refractivity contribution < 1.29 is 26.7 Å². The number of hydrogen-bond donors (Lipinski definition) is 2. The van der Waals surface area contributed by atoms with E-state index >= 15 is 4.39 Å². The molecule has 200 valence electrons. The Bertz CT molecular complexity index is 1570. The van der Waals surface area contributed by atoms with Crippen LogP contribution in [0.4, 0.5) is 14.5 Å². The van der Waals surface area contributed by atoms with Crippen molar-refractivity contribution in [2.75, 3.05) is 32.0 Å². The lowest BCUT2D eigenvalue weighted by molar-refractivity contribution is 0.131. The number of alkyl halides is 1. The lowest BCUT2D eigenvalue weighted by Gasteiger charge is -2.23. The fourth-order valence-electron chi connectivity index (χ4n) is 4.77. The molecule has 8 nitrogen and oxygen atoms in total. The number of fused-ring (bicyclic) bond motifs is 1. The largest absolute Gasteiger partial charge is 0.494 e. The second-order valence-corrected chi connectivity index (χ2v) is 10.9. The number of ether oxygens (including phenoxy) is 2. The first-order chi connectivity index (χ1) is 18.2. The number of benzene rings is 2. The Morgan fingerprint density at radius 1 is 1.16 bits per heavy atom. The van der Waals surface area contributed by atoms with Crippen LogP contribution in [0.1, 0.15) is 29.2 Å². The first kappa shape index (κ1) is 26.1. The van der Waals surface area contributed by atoms with Crippen LogP contribution in [-0.2, 0) is 14.9 Å². The quantitative estimate of drug-likeness (QED) is 0.322. The molecule has 0 spiro atoms. The highest BCUT2D eigenvalue weighted by Gasteiger charge is 2.33. The molecule has 2 atom stereocenters. The Hall–Kier alpha value is -3.54. The number of anilines is 1. The van der Waals surface area contributed by atoms with Gasteiger partial charge in [-0.05, 0) is 37.1 Å². The summed E-state index contributed by atoms with van der Waals surface area (Å²) in [6.45, 7) is 1.83. The van der Waals surface area contributed by atoms with Crippen LogP contribution in [0.15, 0.2) is 54.9 Å². The van der Waals surface area contributed by atoms with E-state index in [0.29, 0.717) is 16.6 Å². The Labute approximate surface area is 219 Å². The highest BCUT2D eigenvalue weighted by Crippen LogP contribution is 2.42. The Kier molecular flexibility index (Phi) is 7.08. The molecule has 1 aliphatic rings. The van der Waals surface area contributed by atoms with Crippen LogP contribution in [0.5, 0.6) is 5.75 Å². The minimum Gasteiger partial charge on any atom is -0.494 e. The van der Waals surface area contributed by atoms with Crippen LogP contribution < -0.4 is 9.46 Å². The van der Waals surface area contributed by atoms with Crippen LogP contribution in [-0.4, -0.2) is 56.2 Å². The van der Waals surface area contributed by atoms with Gasteiger partial charge in [0, 0.05) is 49.1 Å². The van der Waals surface area contributed by atoms with Crippen molar-refractivity contribution in [1.82, 2.24) is 14.3 Å². The van der Waals surface area contributed by atoms with Gasteiger partial charge in [-0.2, -0.15) is 12.7 Å². The molecule has 5 rings (SSSR count). The van der Waals surface area contributed by atoms with Gasteiger partial charge < -0.3 is 14.5 Å². The molecule has 1 saturated heterocycles. The van der Waals surface area contributed by atoms with Gasteiger partial charge in [0.15, 0.2) is 5.75 Å². The van der Waals surface area contributed by atoms with Crippen LogP contribution in [0, 0.1) is 12.7 Å². The number of aromatic amines is 1. The van der Waals surface area contributed by atoms with Crippen LogP contribution in [0.2, 0.25) is 0 Å². The van der Waals surface area contributed by atoms with E-state index in [2.05, 4.69) is 14.7 Å². The number of methoxy groups -OCH3 is 2. The third-order valence-corrected chi connectivity index (χ3v) is 8.24. The van der Waals surface area contributed by atoms with Crippen molar-refractivity contribution in [2.45, 2.75) is 25.6 Å². The molecule has 38 heavy (non-hydrogen) atoms. The SMILES string of the molecule is COc1c(NS(=O)(=O)N2CC[C@@H](F)C2)ccc(F)c1C(OC)c1c[nH]c2ncc(-c3ccc(C)cc3)cc12. The van der Waals surface area contributed by atoms with E-state index in [1.807, 2.05) is 37.3 Å². The van der Waals surface area contributed by atoms with Crippen LogP contribution in [0.3, 0.4) is 0 Å². The number of hydrogen-bond acceptors (Lipinski definition) is 5. The second-order valence-electron chi connectivity index (χ2n) is 9.24. The van der Waals surface area contributed by atoms with E-state index < -0.39 is 28.3 Å². The maximum atomic E-state index is 15.4. The predicted octanol–water partition coefficient (Wildman–Crippen LogP) is 5.12. The molecule has 0 bridgehead atoms. The molecule has 0 radical (unpaired) electrons. The van der Waals surface area contributed by atoms with E-state index in [1.165, 1.54) is 20.3 Å². The molecule has 11 heteroatoms. The number of aromatic nitrogens is 2. The van der Waals surface area contributed by atoms with E-state index in [1.54, 1.807) is 12.4 Å². The molecule has 3 heterocycles. The lowest BCUT2D eigenvalue weighted by Crippen LogP contribution is -2.34. The van der Waals surface area contributed by atoms with Gasteiger partial charge in [-0.15, -0.1) is 0 Å². The molecule has 0 aliphatic carbocycles. The fraction of sp³-hybridized carbons (Fsp3) is 0.296. The Morgan fingerprint density at radius 2 is 1.92 bits per heavy atom. The number of halogens is 2. The zero-order chi connectivity index (χ0) is 27.0. The maximum Gasteiger partial charge on any atom is 0.301 e. The van der Waals surface area contributed by atoms with Gasteiger partial charge in [0.2, 0.25) is 0 Å². The standard InChI is InChI=1S/C27H28F2N4O4S/c1-16-4-6-17(7-5-16)18-12-20-21(14-31-27(20)30-13-18)25(36-2)24-22(29)8-9-23(26(24)37-3)32-38(34,35)33-11-10-19(28)15-33/h4-9,12-14,19,25,32H,10-11,15H2,1-3H3,(H,30,31)/t19-,25?/m1/s1. The minimum absolute atomic E-state index is 0.0154. The van der Waals surface area contributed by atoms with Gasteiger partial charge in [0.05, 0.1) is 18.4 Å². The number of nitrogens with zero attached hydrogens (tertiary/aromatic N) is 2. The number of H-pyrrole nitrogens is 1. The van der Waals surface area contributed by atoms with E-state index in [0.717, 1.165) is 27.1 Å². The normalized spacial score (nSPS) is 17.1. The summed E-state index contributed by atoms with van der Waals surface area (Å²) in [5.74, 6) is -0.674. The van der Waals surface area contributed by atoms with E-state index in [9.17, 15) is 12.8 Å².